The second kappa shape index (κ2) is 5.84. The number of carbonyl (C=O) groups is 2. The summed E-state index contributed by atoms with van der Waals surface area (Å²) in [5.74, 6) is -1.02. The van der Waals surface area contributed by atoms with Crippen LogP contribution in [0.1, 0.15) is 33.1 Å². The van der Waals surface area contributed by atoms with Gasteiger partial charge in [0.2, 0.25) is 5.91 Å². The van der Waals surface area contributed by atoms with Gasteiger partial charge in [-0.15, -0.1) is 0 Å². The highest BCUT2D eigenvalue weighted by Crippen LogP contribution is 2.18. The van der Waals surface area contributed by atoms with Crippen LogP contribution in [0.5, 0.6) is 0 Å². The van der Waals surface area contributed by atoms with E-state index in [1.807, 2.05) is 6.92 Å². The largest absolute Gasteiger partial charge is 0.481 e. The molecule has 5 heteroatoms. The molecule has 0 aromatic heterocycles. The molecule has 0 spiro atoms. The van der Waals surface area contributed by atoms with Crippen molar-refractivity contribution < 1.29 is 19.4 Å². The topological polar surface area (TPSA) is 75.6 Å². The number of carbonyl (C=O) groups excluding carboxylic acids is 1. The fourth-order valence-electron chi connectivity index (χ4n) is 1.75. The molecule has 1 amide bonds. The summed E-state index contributed by atoms with van der Waals surface area (Å²) >= 11 is 0. The number of aliphatic carboxylic acids is 1. The Balaban J connectivity index is 2.22. The zero-order valence-electron chi connectivity index (χ0n) is 9.73. The van der Waals surface area contributed by atoms with E-state index in [1.54, 1.807) is 6.92 Å². The maximum Gasteiger partial charge on any atom is 0.303 e. The molecule has 2 N–H and O–H groups in total. The molecule has 0 saturated carbocycles. The first-order valence-electron chi connectivity index (χ1n) is 5.64. The van der Waals surface area contributed by atoms with Crippen molar-refractivity contribution in [3.05, 3.63) is 0 Å². The molecule has 0 aromatic rings. The first-order chi connectivity index (χ1) is 7.49. The Labute approximate surface area is 95.2 Å². The van der Waals surface area contributed by atoms with Crippen LogP contribution in [0.4, 0.5) is 0 Å². The van der Waals surface area contributed by atoms with Gasteiger partial charge < -0.3 is 15.2 Å². The van der Waals surface area contributed by atoms with Crippen LogP contribution in [0.3, 0.4) is 0 Å². The third-order valence-corrected chi connectivity index (χ3v) is 2.67. The van der Waals surface area contributed by atoms with Crippen LogP contribution >= 0.6 is 0 Å². The van der Waals surface area contributed by atoms with Gasteiger partial charge in [0.05, 0.1) is 6.10 Å². The van der Waals surface area contributed by atoms with Gasteiger partial charge >= 0.3 is 5.97 Å². The highest BCUT2D eigenvalue weighted by Gasteiger charge is 2.28. The second-order valence-corrected chi connectivity index (χ2v) is 4.46. The lowest BCUT2D eigenvalue weighted by molar-refractivity contribution is -0.138. The number of carboxylic acids is 1. The summed E-state index contributed by atoms with van der Waals surface area (Å²) in [4.78, 5) is 22.0. The number of carboxylic acid groups (broad SMARTS) is 1. The number of ether oxygens (including phenoxy) is 1. The third kappa shape index (κ3) is 4.18. The molecular formula is C11H19NO4. The Morgan fingerprint density at radius 3 is 2.69 bits per heavy atom. The van der Waals surface area contributed by atoms with Crippen molar-refractivity contribution in [1.29, 1.82) is 0 Å². The molecule has 92 valence electrons. The molecule has 1 rings (SSSR count). The smallest absolute Gasteiger partial charge is 0.303 e. The Kier molecular flexibility index (Phi) is 4.73. The minimum atomic E-state index is -0.840. The van der Waals surface area contributed by atoms with Crippen LogP contribution in [-0.2, 0) is 14.3 Å². The summed E-state index contributed by atoms with van der Waals surface area (Å²) in [6.45, 7) is 4.13. The van der Waals surface area contributed by atoms with Crippen molar-refractivity contribution in [2.75, 3.05) is 6.54 Å². The molecule has 1 aliphatic heterocycles. The molecule has 3 unspecified atom stereocenters. The summed E-state index contributed by atoms with van der Waals surface area (Å²) in [5.41, 5.74) is 0. The quantitative estimate of drug-likeness (QED) is 0.730. The van der Waals surface area contributed by atoms with E-state index < -0.39 is 5.97 Å². The maximum absolute atomic E-state index is 11.6. The van der Waals surface area contributed by atoms with Gasteiger partial charge in [-0.2, -0.15) is 0 Å². The van der Waals surface area contributed by atoms with Crippen LogP contribution in [0.15, 0.2) is 0 Å². The summed E-state index contributed by atoms with van der Waals surface area (Å²) in [6.07, 6.45) is 1.52. The molecule has 0 aromatic carbocycles. The minimum Gasteiger partial charge on any atom is -0.481 e. The third-order valence-electron chi connectivity index (χ3n) is 2.67. The summed E-state index contributed by atoms with van der Waals surface area (Å²) in [7, 11) is 0. The molecular weight excluding hydrogens is 210 g/mol. The monoisotopic (exact) mass is 229 g/mol. The van der Waals surface area contributed by atoms with E-state index in [4.69, 9.17) is 9.84 Å². The molecule has 0 bridgehead atoms. The highest BCUT2D eigenvalue weighted by atomic mass is 16.5. The zero-order chi connectivity index (χ0) is 12.1. The maximum atomic E-state index is 11.6. The Morgan fingerprint density at radius 2 is 2.19 bits per heavy atom. The molecule has 0 aliphatic carbocycles. The Morgan fingerprint density at radius 1 is 1.50 bits per heavy atom. The van der Waals surface area contributed by atoms with Gasteiger partial charge in [-0.25, -0.2) is 0 Å². The summed E-state index contributed by atoms with van der Waals surface area (Å²) in [5, 5.41) is 11.3. The van der Waals surface area contributed by atoms with E-state index in [0.717, 1.165) is 12.8 Å². The molecule has 5 nitrogen and oxygen atoms in total. The van der Waals surface area contributed by atoms with Gasteiger partial charge in [-0.1, -0.05) is 6.92 Å². The fraction of sp³-hybridized carbons (Fsp3) is 0.818. The van der Waals surface area contributed by atoms with Crippen LogP contribution in [0.2, 0.25) is 0 Å². The van der Waals surface area contributed by atoms with E-state index in [9.17, 15) is 9.59 Å². The van der Waals surface area contributed by atoms with E-state index in [1.165, 1.54) is 0 Å². The summed E-state index contributed by atoms with van der Waals surface area (Å²) in [6, 6.07) is 0. The van der Waals surface area contributed by atoms with Gasteiger partial charge in [0.1, 0.15) is 6.10 Å². The average Bonchev–Trinajstić information content (AvgIpc) is 2.60. The van der Waals surface area contributed by atoms with Crippen molar-refractivity contribution in [2.24, 2.45) is 5.92 Å². The van der Waals surface area contributed by atoms with Crippen LogP contribution in [0.25, 0.3) is 0 Å². The Hall–Kier alpha value is -1.10. The molecule has 1 saturated heterocycles. The lowest BCUT2D eigenvalue weighted by Crippen LogP contribution is -2.37. The number of nitrogens with one attached hydrogen (secondary N) is 1. The van der Waals surface area contributed by atoms with E-state index in [-0.39, 0.29) is 30.5 Å². The van der Waals surface area contributed by atoms with Crippen LogP contribution in [-0.4, -0.2) is 35.7 Å². The lowest BCUT2D eigenvalue weighted by atomic mass is 10.1. The van der Waals surface area contributed by atoms with Crippen molar-refractivity contribution in [3.63, 3.8) is 0 Å². The van der Waals surface area contributed by atoms with E-state index in [0.29, 0.717) is 6.54 Å². The predicted octanol–water partition coefficient (Wildman–Crippen LogP) is 0.781. The minimum absolute atomic E-state index is 0.0553. The molecule has 16 heavy (non-hydrogen) atoms. The molecule has 3 atom stereocenters. The Bertz CT molecular complexity index is 267. The van der Waals surface area contributed by atoms with Gasteiger partial charge in [-0.05, 0) is 25.7 Å². The fourth-order valence-corrected chi connectivity index (χ4v) is 1.75. The zero-order valence-corrected chi connectivity index (χ0v) is 9.73. The van der Waals surface area contributed by atoms with Gasteiger partial charge in [-0.3, -0.25) is 9.59 Å². The predicted molar refractivity (Wildman–Crippen MR) is 58.0 cm³/mol. The number of amides is 1. The molecule has 1 fully saturated rings. The van der Waals surface area contributed by atoms with Crippen molar-refractivity contribution in [3.8, 4) is 0 Å². The second-order valence-electron chi connectivity index (χ2n) is 4.46. The molecule has 0 radical (unpaired) electrons. The molecule has 1 heterocycles. The van der Waals surface area contributed by atoms with Gasteiger partial charge in [0.25, 0.3) is 0 Å². The van der Waals surface area contributed by atoms with Crippen molar-refractivity contribution in [2.45, 2.75) is 45.3 Å². The number of hydrogen-bond acceptors (Lipinski definition) is 3. The normalized spacial score (nSPS) is 26.4. The van der Waals surface area contributed by atoms with E-state index in [2.05, 4.69) is 5.32 Å². The average molecular weight is 229 g/mol. The highest BCUT2D eigenvalue weighted by molar-refractivity contribution is 5.81. The SMILES string of the molecule is CC(CNC(=O)C1CCC(C)O1)CC(=O)O. The van der Waals surface area contributed by atoms with Crippen molar-refractivity contribution in [1.82, 2.24) is 5.32 Å². The number of rotatable bonds is 5. The number of hydrogen-bond donors (Lipinski definition) is 2. The van der Waals surface area contributed by atoms with E-state index >= 15 is 0 Å². The molecule has 1 aliphatic rings. The first-order valence-corrected chi connectivity index (χ1v) is 5.64. The lowest BCUT2D eigenvalue weighted by Gasteiger charge is -2.14. The standard InChI is InChI=1S/C11H19NO4/c1-7(5-10(13)14)6-12-11(15)9-4-3-8(2)16-9/h7-9H,3-6H2,1-2H3,(H,12,15)(H,13,14). The summed E-state index contributed by atoms with van der Waals surface area (Å²) < 4.78 is 5.41. The van der Waals surface area contributed by atoms with Crippen molar-refractivity contribution >= 4 is 11.9 Å². The van der Waals surface area contributed by atoms with Crippen LogP contribution < -0.4 is 5.32 Å². The van der Waals surface area contributed by atoms with Gasteiger partial charge in [0, 0.05) is 13.0 Å². The van der Waals surface area contributed by atoms with Crippen LogP contribution in [0, 0.1) is 5.92 Å². The van der Waals surface area contributed by atoms with Gasteiger partial charge in [0.15, 0.2) is 0 Å². The first kappa shape index (κ1) is 13.0.